The molecule has 27 heavy (non-hydrogen) atoms. The number of halogens is 2. The van der Waals surface area contributed by atoms with Gasteiger partial charge in [-0.05, 0) is 42.5 Å². The number of rotatable bonds is 6. The Balaban J connectivity index is 1.74. The first kappa shape index (κ1) is 20.5. The highest BCUT2D eigenvalue weighted by atomic mass is 35.5. The lowest BCUT2D eigenvalue weighted by Crippen LogP contribution is -2.41. The topological polar surface area (TPSA) is 96.5 Å². The Bertz CT molecular complexity index is 841. The molecule has 0 spiro atoms. The maximum Gasteiger partial charge on any atom is 0.269 e. The predicted octanol–water partition coefficient (Wildman–Crippen LogP) is 3.18. The van der Waals surface area contributed by atoms with Crippen LogP contribution >= 0.6 is 23.2 Å². The lowest BCUT2D eigenvalue weighted by molar-refractivity contribution is -0.124. The summed E-state index contributed by atoms with van der Waals surface area (Å²) in [5.41, 5.74) is 5.29. The molecule has 0 atom stereocenters. The lowest BCUT2D eigenvalue weighted by atomic mass is 10.2. The maximum absolute atomic E-state index is 11.9. The van der Waals surface area contributed by atoms with Crippen LogP contribution in [0.1, 0.15) is 23.2 Å². The van der Waals surface area contributed by atoms with Gasteiger partial charge >= 0.3 is 0 Å². The summed E-state index contributed by atoms with van der Waals surface area (Å²) in [4.78, 5) is 35.6. The third-order valence-electron chi connectivity index (χ3n) is 3.45. The zero-order valence-corrected chi connectivity index (χ0v) is 15.9. The van der Waals surface area contributed by atoms with E-state index in [-0.39, 0.29) is 12.8 Å². The summed E-state index contributed by atoms with van der Waals surface area (Å²) in [6.07, 6.45) is -0.191. The van der Waals surface area contributed by atoms with Crippen molar-refractivity contribution in [3.8, 4) is 5.75 Å². The van der Waals surface area contributed by atoms with Crippen LogP contribution < -0.4 is 20.9 Å². The van der Waals surface area contributed by atoms with Crippen molar-refractivity contribution in [3.63, 3.8) is 0 Å². The second-order valence-electron chi connectivity index (χ2n) is 5.40. The molecule has 0 saturated carbocycles. The van der Waals surface area contributed by atoms with Crippen LogP contribution in [0.3, 0.4) is 0 Å². The molecule has 2 aromatic carbocycles. The van der Waals surface area contributed by atoms with Crippen molar-refractivity contribution < 1.29 is 19.1 Å². The van der Waals surface area contributed by atoms with Crippen molar-refractivity contribution in [3.05, 3.63) is 58.1 Å². The van der Waals surface area contributed by atoms with E-state index in [1.54, 1.807) is 36.4 Å². The van der Waals surface area contributed by atoms with Gasteiger partial charge in [-0.25, -0.2) is 0 Å². The molecule has 0 bridgehead atoms. The van der Waals surface area contributed by atoms with Gasteiger partial charge in [0.05, 0.1) is 17.8 Å². The molecular weight excluding hydrogens is 393 g/mol. The number of carbonyl (C=O) groups is 3. The van der Waals surface area contributed by atoms with Crippen LogP contribution in [0.4, 0.5) is 5.69 Å². The van der Waals surface area contributed by atoms with Gasteiger partial charge in [0.2, 0.25) is 11.8 Å². The molecule has 0 unspecified atom stereocenters. The standard InChI is InChI=1S/C18H17Cl2N3O4/c1-27-13-5-2-11(3-6-13)18(26)23-22-17(25)9-8-16(24)21-15-7-4-12(19)10-14(15)20/h2-7,10H,8-9H2,1H3,(H,21,24)(H,22,25)(H,23,26). The summed E-state index contributed by atoms with van der Waals surface area (Å²) >= 11 is 11.7. The van der Waals surface area contributed by atoms with E-state index in [1.165, 1.54) is 13.2 Å². The van der Waals surface area contributed by atoms with Gasteiger partial charge in [-0.15, -0.1) is 0 Å². The third-order valence-corrected chi connectivity index (χ3v) is 4.00. The minimum atomic E-state index is -0.505. The third kappa shape index (κ3) is 6.47. The average Bonchev–Trinajstić information content (AvgIpc) is 2.66. The molecule has 2 aromatic rings. The first-order valence-corrected chi connectivity index (χ1v) is 8.63. The number of ether oxygens (including phenoxy) is 1. The molecule has 0 fully saturated rings. The van der Waals surface area contributed by atoms with E-state index in [1.807, 2.05) is 0 Å². The molecule has 0 aliphatic heterocycles. The van der Waals surface area contributed by atoms with Crippen LogP contribution in [0.2, 0.25) is 10.0 Å². The van der Waals surface area contributed by atoms with Crippen molar-refractivity contribution in [1.82, 2.24) is 10.9 Å². The highest BCUT2D eigenvalue weighted by Gasteiger charge is 2.11. The zero-order valence-electron chi connectivity index (χ0n) is 14.3. The van der Waals surface area contributed by atoms with E-state index in [2.05, 4.69) is 16.2 Å². The number of amides is 3. The molecule has 0 aliphatic rings. The number of hydrogen-bond acceptors (Lipinski definition) is 4. The molecule has 0 heterocycles. The van der Waals surface area contributed by atoms with Crippen LogP contribution in [0.5, 0.6) is 5.75 Å². The van der Waals surface area contributed by atoms with E-state index >= 15 is 0 Å². The number of carbonyl (C=O) groups excluding carboxylic acids is 3. The summed E-state index contributed by atoms with van der Waals surface area (Å²) in [6, 6.07) is 11.0. The van der Waals surface area contributed by atoms with Crippen molar-refractivity contribution >= 4 is 46.6 Å². The van der Waals surface area contributed by atoms with Crippen molar-refractivity contribution in [2.45, 2.75) is 12.8 Å². The molecule has 3 amide bonds. The van der Waals surface area contributed by atoms with Gasteiger partial charge in [-0.2, -0.15) is 0 Å². The average molecular weight is 410 g/mol. The van der Waals surface area contributed by atoms with Crippen molar-refractivity contribution in [2.75, 3.05) is 12.4 Å². The number of hydrazine groups is 1. The molecule has 0 radical (unpaired) electrons. The van der Waals surface area contributed by atoms with Crippen molar-refractivity contribution in [1.29, 1.82) is 0 Å². The summed E-state index contributed by atoms with van der Waals surface area (Å²) in [5.74, 6) is -0.768. The van der Waals surface area contributed by atoms with Gasteiger partial charge in [0.25, 0.3) is 5.91 Å². The fraction of sp³-hybridized carbons (Fsp3) is 0.167. The summed E-state index contributed by atoms with van der Waals surface area (Å²) < 4.78 is 5.00. The Kier molecular flexibility index (Phi) is 7.45. The fourth-order valence-corrected chi connectivity index (χ4v) is 2.49. The number of hydrogen-bond donors (Lipinski definition) is 3. The second kappa shape index (κ2) is 9.80. The Labute approximate surface area is 166 Å². The highest BCUT2D eigenvalue weighted by Crippen LogP contribution is 2.25. The summed E-state index contributed by atoms with van der Waals surface area (Å²) in [6.45, 7) is 0. The van der Waals surface area contributed by atoms with E-state index < -0.39 is 17.7 Å². The monoisotopic (exact) mass is 409 g/mol. The summed E-state index contributed by atoms with van der Waals surface area (Å²) in [5, 5.41) is 3.33. The van der Waals surface area contributed by atoms with E-state index in [9.17, 15) is 14.4 Å². The summed E-state index contributed by atoms with van der Waals surface area (Å²) in [7, 11) is 1.52. The molecule has 0 saturated heterocycles. The molecule has 2 rings (SSSR count). The van der Waals surface area contributed by atoms with Gasteiger partial charge in [-0.1, -0.05) is 23.2 Å². The first-order chi connectivity index (χ1) is 12.9. The molecule has 7 nitrogen and oxygen atoms in total. The van der Waals surface area contributed by atoms with E-state index in [0.29, 0.717) is 27.0 Å². The van der Waals surface area contributed by atoms with E-state index in [0.717, 1.165) is 0 Å². The van der Waals surface area contributed by atoms with Gasteiger partial charge < -0.3 is 10.1 Å². The highest BCUT2D eigenvalue weighted by molar-refractivity contribution is 6.36. The molecule has 0 aromatic heterocycles. The van der Waals surface area contributed by atoms with Gasteiger partial charge in [0.15, 0.2) is 0 Å². The van der Waals surface area contributed by atoms with Crippen LogP contribution in [-0.2, 0) is 9.59 Å². The molecule has 142 valence electrons. The van der Waals surface area contributed by atoms with E-state index in [4.69, 9.17) is 27.9 Å². The number of anilines is 1. The Morgan fingerprint density at radius 2 is 1.59 bits per heavy atom. The smallest absolute Gasteiger partial charge is 0.269 e. The van der Waals surface area contributed by atoms with Crippen LogP contribution in [0.15, 0.2) is 42.5 Å². The minimum Gasteiger partial charge on any atom is -0.497 e. The van der Waals surface area contributed by atoms with Gasteiger partial charge in [0, 0.05) is 23.4 Å². The van der Waals surface area contributed by atoms with Crippen LogP contribution in [0.25, 0.3) is 0 Å². The SMILES string of the molecule is COc1ccc(C(=O)NNC(=O)CCC(=O)Nc2ccc(Cl)cc2Cl)cc1. The quantitative estimate of drug-likeness (QED) is 0.638. The molecule has 3 N–H and O–H groups in total. The minimum absolute atomic E-state index is 0.0802. The van der Waals surface area contributed by atoms with Crippen LogP contribution in [-0.4, -0.2) is 24.8 Å². The molecular formula is C18H17Cl2N3O4. The Morgan fingerprint density at radius 3 is 2.22 bits per heavy atom. The second-order valence-corrected chi connectivity index (χ2v) is 6.25. The fourth-order valence-electron chi connectivity index (χ4n) is 2.03. The van der Waals surface area contributed by atoms with Gasteiger partial charge in [-0.3, -0.25) is 25.2 Å². The van der Waals surface area contributed by atoms with Gasteiger partial charge in [0.1, 0.15) is 5.75 Å². The number of nitrogens with one attached hydrogen (secondary N) is 3. The first-order valence-electron chi connectivity index (χ1n) is 7.87. The number of benzene rings is 2. The number of methoxy groups -OCH3 is 1. The maximum atomic E-state index is 11.9. The largest absolute Gasteiger partial charge is 0.497 e. The normalized spacial score (nSPS) is 10.0. The Hall–Kier alpha value is -2.77. The molecule has 0 aliphatic carbocycles. The molecule has 9 heteroatoms. The van der Waals surface area contributed by atoms with Crippen molar-refractivity contribution in [2.24, 2.45) is 0 Å². The zero-order chi connectivity index (χ0) is 19.8. The predicted molar refractivity (Wildman–Crippen MR) is 103 cm³/mol. The Morgan fingerprint density at radius 1 is 0.926 bits per heavy atom. The van der Waals surface area contributed by atoms with Crippen LogP contribution in [0, 0.1) is 0 Å². The lowest BCUT2D eigenvalue weighted by Gasteiger charge is -2.09.